The lowest BCUT2D eigenvalue weighted by atomic mass is 9.83. The Morgan fingerprint density at radius 3 is 1.03 bits per heavy atom. The van der Waals surface area contributed by atoms with E-state index in [0.717, 1.165) is 89.4 Å². The van der Waals surface area contributed by atoms with Crippen LogP contribution in [-0.4, -0.2) is 19.5 Å². The first kappa shape index (κ1) is 35.9. The second-order valence-corrected chi connectivity index (χ2v) is 15.1. The summed E-state index contributed by atoms with van der Waals surface area (Å²) >= 11 is 0. The van der Waals surface area contributed by atoms with E-state index in [4.69, 9.17) is 15.0 Å². The maximum Gasteiger partial charge on any atom is 0.235 e. The first-order chi connectivity index (χ1) is 30.3. The first-order valence-electron chi connectivity index (χ1n) is 20.6. The van der Waals surface area contributed by atoms with Gasteiger partial charge < -0.3 is 0 Å². The number of benzene rings is 8. The van der Waals surface area contributed by atoms with Crippen LogP contribution < -0.4 is 0 Å². The molecule has 61 heavy (non-hydrogen) atoms. The molecule has 0 amide bonds. The second kappa shape index (κ2) is 15.5. The summed E-state index contributed by atoms with van der Waals surface area (Å²) in [6, 6.07) is 80.9. The molecule has 8 aromatic carbocycles. The quantitative estimate of drug-likeness (QED) is 0.154. The molecule has 0 aliphatic rings. The molecule has 4 nitrogen and oxygen atoms in total. The number of fused-ring (bicyclic) bond motifs is 3. The Labute approximate surface area is 354 Å². The number of aromatic nitrogens is 4. The minimum absolute atomic E-state index is 0.629. The topological polar surface area (TPSA) is 43.6 Å². The van der Waals surface area contributed by atoms with Gasteiger partial charge in [-0.25, -0.2) is 15.0 Å². The van der Waals surface area contributed by atoms with Gasteiger partial charge in [0.25, 0.3) is 0 Å². The van der Waals surface area contributed by atoms with E-state index in [1.807, 2.05) is 6.07 Å². The number of para-hydroxylation sites is 2. The molecule has 286 valence electrons. The van der Waals surface area contributed by atoms with Gasteiger partial charge in [0.1, 0.15) is 0 Å². The summed E-state index contributed by atoms with van der Waals surface area (Å²) in [6.45, 7) is 0. The minimum atomic E-state index is 0.629. The molecule has 0 bridgehead atoms. The highest BCUT2D eigenvalue weighted by Gasteiger charge is 2.25. The zero-order chi connectivity index (χ0) is 40.5. The third-order valence-corrected chi connectivity index (χ3v) is 11.4. The fourth-order valence-electron chi connectivity index (χ4n) is 8.64. The third kappa shape index (κ3) is 6.57. The fourth-order valence-corrected chi connectivity index (χ4v) is 8.64. The second-order valence-electron chi connectivity index (χ2n) is 15.1. The number of hydrogen-bond acceptors (Lipinski definition) is 3. The van der Waals surface area contributed by atoms with Gasteiger partial charge in [-0.3, -0.25) is 4.57 Å². The van der Waals surface area contributed by atoms with E-state index in [1.54, 1.807) is 0 Å². The summed E-state index contributed by atoms with van der Waals surface area (Å²) < 4.78 is 2.19. The van der Waals surface area contributed by atoms with E-state index in [9.17, 15) is 0 Å². The molecular formula is C57H38N4. The molecule has 0 spiro atoms. The average Bonchev–Trinajstić information content (AvgIpc) is 3.69. The summed E-state index contributed by atoms with van der Waals surface area (Å²) in [5.41, 5.74) is 16.4. The molecule has 3 heterocycles. The Balaban J connectivity index is 1.17. The van der Waals surface area contributed by atoms with Crippen molar-refractivity contribution in [2.75, 3.05) is 0 Å². The van der Waals surface area contributed by atoms with Gasteiger partial charge in [-0.1, -0.05) is 212 Å². The molecule has 0 N–H and O–H groups in total. The van der Waals surface area contributed by atoms with Crippen LogP contribution in [0.4, 0.5) is 0 Å². The standard InChI is InChI=1S/C57H38N4/c1-6-20-39(21-7-1)48-38-49(59-57(58-48)61-50-32-18-16-30-46(50)47-31-17-19-33-51(47)61)40-34-36-43(37-35-40)52-53(41-22-8-2-9-23-41)55(44-26-12-4-13-27-44)60-56(45-28-14-5-15-29-45)54(52)42-24-10-3-11-25-42/h1-38H. The lowest BCUT2D eigenvalue weighted by Gasteiger charge is -2.23. The van der Waals surface area contributed by atoms with Crippen LogP contribution in [0.15, 0.2) is 231 Å². The average molecular weight is 779 g/mol. The summed E-state index contributed by atoms with van der Waals surface area (Å²) in [5.74, 6) is 0.629. The van der Waals surface area contributed by atoms with Crippen molar-refractivity contribution >= 4 is 21.8 Å². The molecule has 0 saturated carbocycles. The Hall–Kier alpha value is -8.21. The first-order valence-corrected chi connectivity index (χ1v) is 20.6. The van der Waals surface area contributed by atoms with Crippen LogP contribution in [0.2, 0.25) is 0 Å². The van der Waals surface area contributed by atoms with Gasteiger partial charge in [0.05, 0.1) is 33.8 Å². The molecule has 0 aliphatic heterocycles. The highest BCUT2D eigenvalue weighted by molar-refractivity contribution is 6.09. The summed E-state index contributed by atoms with van der Waals surface area (Å²) in [5, 5.41) is 2.34. The van der Waals surface area contributed by atoms with Gasteiger partial charge in [0.2, 0.25) is 5.95 Å². The monoisotopic (exact) mass is 778 g/mol. The van der Waals surface area contributed by atoms with Gasteiger partial charge in [0.15, 0.2) is 0 Å². The molecule has 11 rings (SSSR count). The van der Waals surface area contributed by atoms with E-state index in [1.165, 1.54) is 10.8 Å². The smallest absolute Gasteiger partial charge is 0.235 e. The number of hydrogen-bond donors (Lipinski definition) is 0. The molecular weight excluding hydrogens is 741 g/mol. The highest BCUT2D eigenvalue weighted by atomic mass is 15.2. The van der Waals surface area contributed by atoms with Crippen molar-refractivity contribution in [3.05, 3.63) is 231 Å². The molecule has 11 aromatic rings. The van der Waals surface area contributed by atoms with Crippen LogP contribution in [0.3, 0.4) is 0 Å². The lowest BCUT2D eigenvalue weighted by molar-refractivity contribution is 0.995. The minimum Gasteiger partial charge on any atom is -0.278 e. The molecule has 4 heteroatoms. The van der Waals surface area contributed by atoms with Gasteiger partial charge in [-0.05, 0) is 34.9 Å². The van der Waals surface area contributed by atoms with Crippen molar-refractivity contribution in [1.29, 1.82) is 0 Å². The molecule has 3 aromatic heterocycles. The third-order valence-electron chi connectivity index (χ3n) is 11.4. The van der Waals surface area contributed by atoms with Crippen LogP contribution in [0.5, 0.6) is 0 Å². The van der Waals surface area contributed by atoms with Crippen LogP contribution >= 0.6 is 0 Å². The van der Waals surface area contributed by atoms with E-state index >= 15 is 0 Å². The van der Waals surface area contributed by atoms with Crippen molar-refractivity contribution in [1.82, 2.24) is 19.5 Å². The summed E-state index contributed by atoms with van der Waals surface area (Å²) in [6.07, 6.45) is 0. The SMILES string of the molecule is c1ccc(-c2cc(-c3ccc(-c4c(-c5ccccc5)c(-c5ccccc5)nc(-c5ccccc5)c4-c4ccccc4)cc3)nc(-n3c4ccccc4c4ccccc43)n2)cc1. The Bertz CT molecular complexity index is 3150. The Morgan fingerprint density at radius 2 is 0.590 bits per heavy atom. The highest BCUT2D eigenvalue weighted by Crippen LogP contribution is 2.49. The van der Waals surface area contributed by atoms with Crippen LogP contribution in [-0.2, 0) is 0 Å². The molecule has 0 fully saturated rings. The predicted molar refractivity (Wildman–Crippen MR) is 252 cm³/mol. The fraction of sp³-hybridized carbons (Fsp3) is 0. The summed E-state index contributed by atoms with van der Waals surface area (Å²) in [7, 11) is 0. The Kier molecular flexibility index (Phi) is 9.14. The van der Waals surface area contributed by atoms with Gasteiger partial charge in [-0.2, -0.15) is 0 Å². The number of rotatable bonds is 8. The zero-order valence-electron chi connectivity index (χ0n) is 33.2. The van der Waals surface area contributed by atoms with Crippen molar-refractivity contribution < 1.29 is 0 Å². The molecule has 0 saturated heterocycles. The van der Waals surface area contributed by atoms with Gasteiger partial charge >= 0.3 is 0 Å². The van der Waals surface area contributed by atoms with Crippen LogP contribution in [0.25, 0.3) is 106 Å². The van der Waals surface area contributed by atoms with Crippen molar-refractivity contribution in [3.63, 3.8) is 0 Å². The van der Waals surface area contributed by atoms with Crippen molar-refractivity contribution in [3.8, 4) is 84.4 Å². The Morgan fingerprint density at radius 1 is 0.262 bits per heavy atom. The zero-order valence-corrected chi connectivity index (χ0v) is 33.2. The van der Waals surface area contributed by atoms with Crippen molar-refractivity contribution in [2.24, 2.45) is 0 Å². The van der Waals surface area contributed by atoms with E-state index < -0.39 is 0 Å². The van der Waals surface area contributed by atoms with Crippen LogP contribution in [0, 0.1) is 0 Å². The van der Waals surface area contributed by atoms with Crippen molar-refractivity contribution in [2.45, 2.75) is 0 Å². The predicted octanol–water partition coefficient (Wildman–Crippen LogP) is 14.6. The largest absolute Gasteiger partial charge is 0.278 e. The molecule has 0 radical (unpaired) electrons. The maximum absolute atomic E-state index is 5.61. The van der Waals surface area contributed by atoms with Gasteiger partial charge in [-0.15, -0.1) is 0 Å². The van der Waals surface area contributed by atoms with Crippen LogP contribution in [0.1, 0.15) is 0 Å². The molecule has 0 aliphatic carbocycles. The summed E-state index contributed by atoms with van der Waals surface area (Å²) in [4.78, 5) is 16.2. The van der Waals surface area contributed by atoms with Gasteiger partial charge in [0, 0.05) is 49.7 Å². The molecule has 0 atom stereocenters. The normalized spacial score (nSPS) is 11.3. The lowest BCUT2D eigenvalue weighted by Crippen LogP contribution is -2.04. The van der Waals surface area contributed by atoms with E-state index in [0.29, 0.717) is 5.95 Å². The molecule has 0 unspecified atom stereocenters. The number of pyridine rings is 1. The maximum atomic E-state index is 5.61. The number of nitrogens with zero attached hydrogens (tertiary/aromatic N) is 4. The van der Waals surface area contributed by atoms with E-state index in [-0.39, 0.29) is 0 Å². The van der Waals surface area contributed by atoms with E-state index in [2.05, 4.69) is 229 Å².